The summed E-state index contributed by atoms with van der Waals surface area (Å²) in [6.07, 6.45) is 1.71. The van der Waals surface area contributed by atoms with Gasteiger partial charge in [-0.25, -0.2) is 4.39 Å². The zero-order chi connectivity index (χ0) is 13.1. The van der Waals surface area contributed by atoms with Crippen molar-refractivity contribution in [2.75, 3.05) is 5.32 Å². The maximum atomic E-state index is 13.2. The summed E-state index contributed by atoms with van der Waals surface area (Å²) in [5.74, 6) is -0.606. The van der Waals surface area contributed by atoms with Crippen LogP contribution in [0.4, 0.5) is 10.1 Å². The first-order chi connectivity index (χ1) is 8.56. The van der Waals surface area contributed by atoms with E-state index in [0.29, 0.717) is 12.2 Å². The standard InChI is InChI=1S/C12H8BrCl2FN2/c13-7-1-2-8(17-5-7)6-18-9-3-10(14)12(16)11(15)4-9/h1-5,18H,6H2. The lowest BCUT2D eigenvalue weighted by molar-refractivity contribution is 0.629. The van der Waals surface area contributed by atoms with Crippen LogP contribution in [0.3, 0.4) is 0 Å². The molecule has 0 saturated heterocycles. The van der Waals surface area contributed by atoms with E-state index in [1.807, 2.05) is 12.1 Å². The third-order valence-corrected chi connectivity index (χ3v) is 3.27. The van der Waals surface area contributed by atoms with E-state index in [9.17, 15) is 4.39 Å². The Balaban J connectivity index is 2.08. The van der Waals surface area contributed by atoms with Crippen molar-refractivity contribution in [3.63, 3.8) is 0 Å². The molecule has 2 nitrogen and oxygen atoms in total. The molecule has 0 bridgehead atoms. The van der Waals surface area contributed by atoms with Gasteiger partial charge in [0.1, 0.15) is 0 Å². The van der Waals surface area contributed by atoms with Gasteiger partial charge in [0.15, 0.2) is 5.82 Å². The summed E-state index contributed by atoms with van der Waals surface area (Å²) >= 11 is 14.7. The molecule has 1 heterocycles. The first-order valence-electron chi connectivity index (χ1n) is 5.05. The maximum Gasteiger partial charge on any atom is 0.160 e. The summed E-state index contributed by atoms with van der Waals surface area (Å²) in [4.78, 5) is 4.21. The van der Waals surface area contributed by atoms with Gasteiger partial charge in [0.25, 0.3) is 0 Å². The Morgan fingerprint density at radius 2 is 1.89 bits per heavy atom. The van der Waals surface area contributed by atoms with Crippen molar-refractivity contribution in [1.82, 2.24) is 4.98 Å². The van der Waals surface area contributed by atoms with Crippen molar-refractivity contribution in [3.8, 4) is 0 Å². The van der Waals surface area contributed by atoms with Crippen molar-refractivity contribution in [2.24, 2.45) is 0 Å². The molecular weight excluding hydrogens is 342 g/mol. The number of halogens is 4. The number of nitrogens with zero attached hydrogens (tertiary/aromatic N) is 1. The summed E-state index contributed by atoms with van der Waals surface area (Å²) in [6, 6.07) is 6.75. The van der Waals surface area contributed by atoms with Gasteiger partial charge < -0.3 is 5.32 Å². The molecule has 2 aromatic rings. The fraction of sp³-hybridized carbons (Fsp3) is 0.0833. The summed E-state index contributed by atoms with van der Waals surface area (Å²) in [5.41, 5.74) is 1.51. The zero-order valence-electron chi connectivity index (χ0n) is 9.05. The molecule has 94 valence electrons. The van der Waals surface area contributed by atoms with Crippen molar-refractivity contribution in [1.29, 1.82) is 0 Å². The van der Waals surface area contributed by atoms with Crippen molar-refractivity contribution in [2.45, 2.75) is 6.54 Å². The van der Waals surface area contributed by atoms with E-state index >= 15 is 0 Å². The molecule has 1 N–H and O–H groups in total. The molecule has 2 rings (SSSR count). The number of hydrogen-bond donors (Lipinski definition) is 1. The summed E-state index contributed by atoms with van der Waals surface area (Å²) in [5, 5.41) is 3.06. The Bertz CT molecular complexity index is 537. The molecule has 0 radical (unpaired) electrons. The molecule has 0 fully saturated rings. The average Bonchev–Trinajstić information content (AvgIpc) is 2.35. The zero-order valence-corrected chi connectivity index (χ0v) is 12.2. The van der Waals surface area contributed by atoms with Crippen LogP contribution in [0.15, 0.2) is 34.9 Å². The number of aromatic nitrogens is 1. The lowest BCUT2D eigenvalue weighted by Gasteiger charge is -2.08. The number of pyridine rings is 1. The van der Waals surface area contributed by atoms with Crippen LogP contribution in [0.2, 0.25) is 10.0 Å². The Kier molecular flexibility index (Phi) is 4.43. The van der Waals surface area contributed by atoms with Crippen LogP contribution in [-0.4, -0.2) is 4.98 Å². The maximum absolute atomic E-state index is 13.2. The smallest absolute Gasteiger partial charge is 0.160 e. The van der Waals surface area contributed by atoms with E-state index in [1.165, 1.54) is 12.1 Å². The minimum atomic E-state index is -0.606. The predicted molar refractivity (Wildman–Crippen MR) is 75.7 cm³/mol. The molecule has 0 spiro atoms. The van der Waals surface area contributed by atoms with E-state index in [1.54, 1.807) is 6.20 Å². The van der Waals surface area contributed by atoms with Gasteiger partial charge in [0.05, 0.1) is 22.3 Å². The van der Waals surface area contributed by atoms with Gasteiger partial charge in [-0.2, -0.15) is 0 Å². The van der Waals surface area contributed by atoms with Crippen molar-refractivity contribution < 1.29 is 4.39 Å². The molecule has 0 saturated carbocycles. The third-order valence-electron chi connectivity index (χ3n) is 2.25. The quantitative estimate of drug-likeness (QED) is 0.797. The third kappa shape index (κ3) is 3.34. The Hall–Kier alpha value is -0.840. The van der Waals surface area contributed by atoms with Gasteiger partial charge in [-0.15, -0.1) is 0 Å². The lowest BCUT2D eigenvalue weighted by Crippen LogP contribution is -2.01. The lowest BCUT2D eigenvalue weighted by atomic mass is 10.3. The first kappa shape index (κ1) is 13.6. The number of anilines is 1. The molecule has 1 aromatic heterocycles. The fourth-order valence-corrected chi connectivity index (χ4v) is 2.08. The predicted octanol–water partition coefficient (Wildman–Crippen LogP) is 4.90. The molecule has 0 aliphatic heterocycles. The SMILES string of the molecule is Fc1c(Cl)cc(NCc2ccc(Br)cn2)cc1Cl. The highest BCUT2D eigenvalue weighted by atomic mass is 79.9. The van der Waals surface area contributed by atoms with E-state index in [2.05, 4.69) is 26.2 Å². The number of hydrogen-bond acceptors (Lipinski definition) is 2. The number of nitrogens with one attached hydrogen (secondary N) is 1. The van der Waals surface area contributed by atoms with Gasteiger partial charge >= 0.3 is 0 Å². The van der Waals surface area contributed by atoms with Crippen LogP contribution in [0.5, 0.6) is 0 Å². The van der Waals surface area contributed by atoms with Crippen LogP contribution in [0.1, 0.15) is 5.69 Å². The second-order valence-electron chi connectivity index (χ2n) is 3.58. The van der Waals surface area contributed by atoms with Crippen molar-refractivity contribution in [3.05, 3.63) is 56.5 Å². The topological polar surface area (TPSA) is 24.9 Å². The van der Waals surface area contributed by atoms with Gasteiger partial charge in [-0.05, 0) is 40.2 Å². The highest BCUT2D eigenvalue weighted by Gasteiger charge is 2.07. The summed E-state index contributed by atoms with van der Waals surface area (Å²) in [6.45, 7) is 0.506. The largest absolute Gasteiger partial charge is 0.379 e. The Morgan fingerprint density at radius 1 is 1.22 bits per heavy atom. The fourth-order valence-electron chi connectivity index (χ4n) is 1.36. The van der Waals surface area contributed by atoms with Crippen LogP contribution in [0.25, 0.3) is 0 Å². The summed E-state index contributed by atoms with van der Waals surface area (Å²) in [7, 11) is 0. The van der Waals surface area contributed by atoms with E-state index in [-0.39, 0.29) is 10.0 Å². The molecule has 0 amide bonds. The molecule has 0 aliphatic carbocycles. The second kappa shape index (κ2) is 5.87. The van der Waals surface area contributed by atoms with E-state index in [4.69, 9.17) is 23.2 Å². The molecule has 0 atom stereocenters. The molecule has 6 heteroatoms. The van der Waals surface area contributed by atoms with Crippen LogP contribution in [-0.2, 0) is 6.54 Å². The van der Waals surface area contributed by atoms with Gasteiger partial charge in [0.2, 0.25) is 0 Å². The first-order valence-corrected chi connectivity index (χ1v) is 6.60. The normalized spacial score (nSPS) is 10.4. The van der Waals surface area contributed by atoms with Crippen molar-refractivity contribution >= 4 is 44.8 Å². The van der Waals surface area contributed by atoms with Crippen LogP contribution in [0, 0.1) is 5.82 Å². The second-order valence-corrected chi connectivity index (χ2v) is 5.31. The summed E-state index contributed by atoms with van der Waals surface area (Å²) < 4.78 is 14.1. The molecule has 18 heavy (non-hydrogen) atoms. The molecule has 0 aliphatic rings. The molecular formula is C12H8BrCl2FN2. The Labute approximate surface area is 122 Å². The minimum Gasteiger partial charge on any atom is -0.379 e. The van der Waals surface area contributed by atoms with E-state index in [0.717, 1.165) is 10.2 Å². The van der Waals surface area contributed by atoms with Gasteiger partial charge in [-0.3, -0.25) is 4.98 Å². The average molecular weight is 350 g/mol. The van der Waals surface area contributed by atoms with Crippen LogP contribution >= 0.6 is 39.1 Å². The Morgan fingerprint density at radius 3 is 2.44 bits per heavy atom. The van der Waals surface area contributed by atoms with Crippen LogP contribution < -0.4 is 5.32 Å². The number of rotatable bonds is 3. The molecule has 1 aromatic carbocycles. The highest BCUT2D eigenvalue weighted by molar-refractivity contribution is 9.10. The number of benzene rings is 1. The van der Waals surface area contributed by atoms with Gasteiger partial charge in [0, 0.05) is 16.4 Å². The minimum absolute atomic E-state index is 0.00577. The van der Waals surface area contributed by atoms with E-state index < -0.39 is 5.82 Å². The monoisotopic (exact) mass is 348 g/mol. The van der Waals surface area contributed by atoms with Gasteiger partial charge in [-0.1, -0.05) is 23.2 Å². The highest BCUT2D eigenvalue weighted by Crippen LogP contribution is 2.27. The molecule has 0 unspecified atom stereocenters.